The number of aromatic nitrogens is 2. The predicted octanol–water partition coefficient (Wildman–Crippen LogP) is 1.79. The van der Waals surface area contributed by atoms with Gasteiger partial charge in [-0.2, -0.15) is 5.10 Å². The lowest BCUT2D eigenvalue weighted by Gasteiger charge is -2.15. The van der Waals surface area contributed by atoms with Crippen LogP contribution in [0.5, 0.6) is 0 Å². The number of rotatable bonds is 6. The molecule has 19 heavy (non-hydrogen) atoms. The van der Waals surface area contributed by atoms with Crippen molar-refractivity contribution in [3.63, 3.8) is 0 Å². The monoisotopic (exact) mass is 262 g/mol. The van der Waals surface area contributed by atoms with Crippen molar-refractivity contribution >= 4 is 0 Å². The molecule has 0 aromatic carbocycles. The second-order valence-electron chi connectivity index (χ2n) is 6.10. The molecule has 1 N–H and O–H groups in total. The van der Waals surface area contributed by atoms with Crippen molar-refractivity contribution in [2.45, 2.75) is 52.2 Å². The van der Waals surface area contributed by atoms with E-state index in [1.54, 1.807) is 0 Å². The van der Waals surface area contributed by atoms with Crippen molar-refractivity contribution in [2.24, 2.45) is 5.92 Å². The fraction of sp³-hybridized carbons (Fsp3) is 0.800. The molecule has 0 radical (unpaired) electrons. The van der Waals surface area contributed by atoms with Gasteiger partial charge < -0.3 is 10.2 Å². The Hall–Kier alpha value is -0.870. The molecule has 4 heteroatoms. The van der Waals surface area contributed by atoms with Crippen LogP contribution >= 0.6 is 0 Å². The number of hydrogen-bond donors (Lipinski definition) is 1. The van der Waals surface area contributed by atoms with Gasteiger partial charge in [-0.05, 0) is 58.2 Å². The van der Waals surface area contributed by atoms with Crippen LogP contribution < -0.4 is 5.32 Å². The Morgan fingerprint density at radius 2 is 2.21 bits per heavy atom. The molecule has 106 valence electrons. The summed E-state index contributed by atoms with van der Waals surface area (Å²) in [4.78, 5) is 2.69. The van der Waals surface area contributed by atoms with Crippen LogP contribution in [-0.2, 0) is 13.1 Å². The smallest absolute Gasteiger partial charge is 0.0597 e. The van der Waals surface area contributed by atoms with Crippen LogP contribution in [0.3, 0.4) is 0 Å². The largest absolute Gasteiger partial charge is 0.311 e. The van der Waals surface area contributed by atoms with Gasteiger partial charge in [0, 0.05) is 25.7 Å². The Balaban J connectivity index is 1.42. The Morgan fingerprint density at radius 1 is 1.37 bits per heavy atom. The van der Waals surface area contributed by atoms with Crippen molar-refractivity contribution in [2.75, 3.05) is 19.6 Å². The van der Waals surface area contributed by atoms with Crippen LogP contribution in [0, 0.1) is 12.8 Å². The molecule has 1 aliphatic heterocycles. The molecule has 3 rings (SSSR count). The zero-order chi connectivity index (χ0) is 13.2. The summed E-state index contributed by atoms with van der Waals surface area (Å²) < 4.78 is 2.10. The highest BCUT2D eigenvalue weighted by molar-refractivity contribution is 5.08. The van der Waals surface area contributed by atoms with Gasteiger partial charge in [0.25, 0.3) is 0 Å². The minimum atomic E-state index is 0.847. The molecule has 2 aliphatic rings. The minimum Gasteiger partial charge on any atom is -0.311 e. The van der Waals surface area contributed by atoms with Crippen LogP contribution in [0.15, 0.2) is 6.07 Å². The highest BCUT2D eigenvalue weighted by atomic mass is 15.3. The normalized spacial score (nSPS) is 24.2. The molecule has 4 nitrogen and oxygen atoms in total. The van der Waals surface area contributed by atoms with Gasteiger partial charge in [0.05, 0.1) is 11.4 Å². The number of aryl methyl sites for hydroxylation is 2. The Kier molecular flexibility index (Phi) is 3.89. The van der Waals surface area contributed by atoms with E-state index >= 15 is 0 Å². The number of likely N-dealkylation sites (tertiary alicyclic amines) is 1. The average molecular weight is 262 g/mol. The maximum absolute atomic E-state index is 4.49. The first-order chi connectivity index (χ1) is 9.26. The lowest BCUT2D eigenvalue weighted by molar-refractivity contribution is 0.311. The van der Waals surface area contributed by atoms with Gasteiger partial charge in [0.2, 0.25) is 0 Å². The molecule has 0 spiro atoms. The maximum Gasteiger partial charge on any atom is 0.0597 e. The van der Waals surface area contributed by atoms with E-state index in [0.29, 0.717) is 0 Å². The zero-order valence-corrected chi connectivity index (χ0v) is 12.2. The molecule has 0 amide bonds. The highest BCUT2D eigenvalue weighted by Gasteiger charge is 2.33. The Labute approximate surface area is 116 Å². The van der Waals surface area contributed by atoms with Crippen molar-refractivity contribution in [3.8, 4) is 0 Å². The van der Waals surface area contributed by atoms with E-state index < -0.39 is 0 Å². The van der Waals surface area contributed by atoms with Crippen LogP contribution in [0.25, 0.3) is 0 Å². The van der Waals surface area contributed by atoms with E-state index in [1.165, 1.54) is 38.0 Å². The van der Waals surface area contributed by atoms with Crippen molar-refractivity contribution in [1.82, 2.24) is 20.0 Å². The molecule has 2 fully saturated rings. The second kappa shape index (κ2) is 5.63. The molecule has 1 atom stereocenters. The Morgan fingerprint density at radius 3 is 2.95 bits per heavy atom. The maximum atomic E-state index is 4.49. The topological polar surface area (TPSA) is 33.1 Å². The second-order valence-corrected chi connectivity index (χ2v) is 6.10. The number of nitrogens with one attached hydrogen (secondary N) is 1. The molecule has 2 heterocycles. The van der Waals surface area contributed by atoms with Crippen molar-refractivity contribution in [3.05, 3.63) is 17.5 Å². The van der Waals surface area contributed by atoms with Gasteiger partial charge in [-0.3, -0.25) is 4.68 Å². The van der Waals surface area contributed by atoms with E-state index in [4.69, 9.17) is 0 Å². The summed E-state index contributed by atoms with van der Waals surface area (Å²) in [6.07, 6.45) is 4.25. The molecule has 1 aliphatic carbocycles. The number of nitrogens with zero attached hydrogens (tertiary/aromatic N) is 3. The minimum absolute atomic E-state index is 0.847. The summed E-state index contributed by atoms with van der Waals surface area (Å²) in [6, 6.07) is 3.14. The fourth-order valence-corrected chi connectivity index (χ4v) is 3.22. The molecule has 1 saturated heterocycles. The summed E-state index contributed by atoms with van der Waals surface area (Å²) >= 11 is 0. The van der Waals surface area contributed by atoms with Crippen molar-refractivity contribution in [1.29, 1.82) is 0 Å². The van der Waals surface area contributed by atoms with E-state index in [2.05, 4.69) is 39.9 Å². The lowest BCUT2D eigenvalue weighted by atomic mass is 10.1. The first kappa shape index (κ1) is 13.1. The molecule has 1 aromatic heterocycles. The first-order valence-electron chi connectivity index (χ1n) is 7.74. The standard InChI is InChI=1S/C15H26N4/c1-3-19-15(8-12(2)17-19)10-16-9-13-6-7-18(11-13)14-4-5-14/h8,13-14,16H,3-7,9-11H2,1-2H3. The van der Waals surface area contributed by atoms with Gasteiger partial charge in [-0.1, -0.05) is 0 Å². The quantitative estimate of drug-likeness (QED) is 0.848. The Bertz CT molecular complexity index is 422. The molecule has 1 aromatic rings. The van der Waals surface area contributed by atoms with Gasteiger partial charge >= 0.3 is 0 Å². The van der Waals surface area contributed by atoms with Gasteiger partial charge in [-0.15, -0.1) is 0 Å². The highest BCUT2D eigenvalue weighted by Crippen LogP contribution is 2.31. The molecular formula is C15H26N4. The SMILES string of the molecule is CCn1nc(C)cc1CNCC1CCN(C2CC2)C1. The third kappa shape index (κ3) is 3.18. The molecule has 1 saturated carbocycles. The average Bonchev–Trinajstić information content (AvgIpc) is 3.04. The van der Waals surface area contributed by atoms with Gasteiger partial charge in [0.1, 0.15) is 0 Å². The van der Waals surface area contributed by atoms with Crippen LogP contribution in [0.4, 0.5) is 0 Å². The third-order valence-corrected chi connectivity index (χ3v) is 4.40. The first-order valence-corrected chi connectivity index (χ1v) is 7.74. The van der Waals surface area contributed by atoms with E-state index in [1.807, 2.05) is 0 Å². The summed E-state index contributed by atoms with van der Waals surface area (Å²) in [5.41, 5.74) is 2.44. The third-order valence-electron chi connectivity index (χ3n) is 4.40. The van der Waals surface area contributed by atoms with E-state index in [0.717, 1.165) is 37.3 Å². The van der Waals surface area contributed by atoms with Crippen LogP contribution in [-0.4, -0.2) is 40.4 Å². The summed E-state index contributed by atoms with van der Waals surface area (Å²) in [5.74, 6) is 0.847. The van der Waals surface area contributed by atoms with Gasteiger partial charge in [-0.25, -0.2) is 0 Å². The fourth-order valence-electron chi connectivity index (χ4n) is 3.22. The molecular weight excluding hydrogens is 236 g/mol. The summed E-state index contributed by atoms with van der Waals surface area (Å²) in [7, 11) is 0. The van der Waals surface area contributed by atoms with E-state index in [-0.39, 0.29) is 0 Å². The number of hydrogen-bond acceptors (Lipinski definition) is 3. The molecule has 1 unspecified atom stereocenters. The summed E-state index contributed by atoms with van der Waals surface area (Å²) in [5, 5.41) is 8.12. The molecule has 0 bridgehead atoms. The van der Waals surface area contributed by atoms with E-state index in [9.17, 15) is 0 Å². The van der Waals surface area contributed by atoms with Crippen molar-refractivity contribution < 1.29 is 0 Å². The predicted molar refractivity (Wildman–Crippen MR) is 77.0 cm³/mol. The summed E-state index contributed by atoms with van der Waals surface area (Å²) in [6.45, 7) is 9.92. The lowest BCUT2D eigenvalue weighted by Crippen LogP contribution is -2.28. The van der Waals surface area contributed by atoms with Crippen LogP contribution in [0.1, 0.15) is 37.6 Å². The van der Waals surface area contributed by atoms with Crippen LogP contribution in [0.2, 0.25) is 0 Å². The zero-order valence-electron chi connectivity index (χ0n) is 12.2. The van der Waals surface area contributed by atoms with Gasteiger partial charge in [0.15, 0.2) is 0 Å².